The first-order valence-electron chi connectivity index (χ1n) is 10.7. The highest BCUT2D eigenvalue weighted by Gasteiger charge is 2.24. The van der Waals surface area contributed by atoms with E-state index in [4.69, 9.17) is 4.74 Å². The summed E-state index contributed by atoms with van der Waals surface area (Å²) in [5.41, 5.74) is 4.94. The van der Waals surface area contributed by atoms with Crippen LogP contribution in [-0.2, 0) is 13.1 Å². The fourth-order valence-corrected chi connectivity index (χ4v) is 4.44. The molecule has 1 aliphatic rings. The monoisotopic (exact) mass is 445 g/mol. The minimum atomic E-state index is -0.274. The molecule has 5 rings (SSSR count). The van der Waals surface area contributed by atoms with Crippen molar-refractivity contribution in [2.75, 3.05) is 26.0 Å². The van der Waals surface area contributed by atoms with E-state index in [0.29, 0.717) is 36.7 Å². The number of rotatable bonds is 6. The topological polar surface area (TPSA) is 72.3 Å². The Kier molecular flexibility index (Phi) is 5.20. The van der Waals surface area contributed by atoms with E-state index < -0.39 is 0 Å². The Bertz CT molecular complexity index is 1380. The molecule has 3 heterocycles. The van der Waals surface area contributed by atoms with Crippen LogP contribution in [0.25, 0.3) is 22.2 Å². The lowest BCUT2D eigenvalue weighted by atomic mass is 10.0. The van der Waals surface area contributed by atoms with Gasteiger partial charge < -0.3 is 19.5 Å². The van der Waals surface area contributed by atoms with Gasteiger partial charge in [0.2, 0.25) is 0 Å². The number of carbonyl (C=O) groups is 1. The van der Waals surface area contributed by atoms with Crippen LogP contribution in [0.4, 0.5) is 10.2 Å². The number of aromatic nitrogens is 3. The molecule has 33 heavy (non-hydrogen) atoms. The lowest BCUT2D eigenvalue weighted by Crippen LogP contribution is -2.17. The van der Waals surface area contributed by atoms with Gasteiger partial charge >= 0.3 is 0 Å². The number of ether oxygens (including phenoxy) is 1. The summed E-state index contributed by atoms with van der Waals surface area (Å²) in [5.74, 6) is 1.11. The summed E-state index contributed by atoms with van der Waals surface area (Å²) < 4.78 is 21.9. The van der Waals surface area contributed by atoms with Gasteiger partial charge in [-0.1, -0.05) is 6.07 Å². The molecule has 1 N–H and O–H groups in total. The van der Waals surface area contributed by atoms with E-state index in [1.165, 1.54) is 12.4 Å². The molecule has 168 valence electrons. The van der Waals surface area contributed by atoms with E-state index in [9.17, 15) is 9.18 Å². The normalized spacial score (nSPS) is 13.0. The molecule has 0 atom stereocenters. The van der Waals surface area contributed by atoms with Gasteiger partial charge in [0, 0.05) is 55.0 Å². The maximum Gasteiger partial charge on any atom is 0.254 e. The third-order valence-corrected chi connectivity index (χ3v) is 6.09. The molecule has 0 radical (unpaired) electrons. The third-order valence-electron chi connectivity index (χ3n) is 6.09. The van der Waals surface area contributed by atoms with Crippen molar-refractivity contribution >= 4 is 22.6 Å². The van der Waals surface area contributed by atoms with Crippen LogP contribution in [0.5, 0.6) is 5.75 Å². The maximum absolute atomic E-state index is 14.6. The van der Waals surface area contributed by atoms with Crippen LogP contribution in [0.3, 0.4) is 0 Å². The van der Waals surface area contributed by atoms with Gasteiger partial charge in [-0.15, -0.1) is 0 Å². The molecule has 1 amide bonds. The quantitative estimate of drug-likeness (QED) is 0.480. The number of carbonyl (C=O) groups excluding carboxylic acids is 1. The fraction of sp³-hybridized carbons (Fsp3) is 0.240. The van der Waals surface area contributed by atoms with Crippen molar-refractivity contribution in [2.24, 2.45) is 0 Å². The average Bonchev–Trinajstić information content (AvgIpc) is 3.30. The summed E-state index contributed by atoms with van der Waals surface area (Å²) >= 11 is 0. The van der Waals surface area contributed by atoms with Crippen molar-refractivity contribution in [2.45, 2.75) is 20.0 Å². The van der Waals surface area contributed by atoms with Gasteiger partial charge in [0.25, 0.3) is 5.91 Å². The largest absolute Gasteiger partial charge is 0.496 e. The number of benzene rings is 2. The summed E-state index contributed by atoms with van der Waals surface area (Å²) in [6, 6.07) is 12.7. The first-order valence-corrected chi connectivity index (χ1v) is 10.7. The van der Waals surface area contributed by atoms with Gasteiger partial charge in [-0.25, -0.2) is 14.4 Å². The molecule has 0 saturated heterocycles. The van der Waals surface area contributed by atoms with Crippen LogP contribution in [0, 0.1) is 12.7 Å². The Balaban J connectivity index is 1.34. The Morgan fingerprint density at radius 3 is 2.82 bits per heavy atom. The summed E-state index contributed by atoms with van der Waals surface area (Å²) in [4.78, 5) is 22.6. The molecular weight excluding hydrogens is 421 g/mol. The first-order chi connectivity index (χ1) is 16.0. The number of nitrogens with zero attached hydrogens (tertiary/aromatic N) is 4. The van der Waals surface area contributed by atoms with Gasteiger partial charge in [-0.3, -0.25) is 4.79 Å². The molecule has 0 saturated carbocycles. The van der Waals surface area contributed by atoms with Crippen molar-refractivity contribution in [1.29, 1.82) is 0 Å². The maximum atomic E-state index is 14.6. The van der Waals surface area contributed by atoms with Crippen molar-refractivity contribution in [3.8, 4) is 17.0 Å². The van der Waals surface area contributed by atoms with Gasteiger partial charge in [0.1, 0.15) is 23.7 Å². The van der Waals surface area contributed by atoms with Gasteiger partial charge in [0.05, 0.1) is 18.3 Å². The Hall–Kier alpha value is -3.94. The van der Waals surface area contributed by atoms with Crippen molar-refractivity contribution < 1.29 is 13.9 Å². The fourth-order valence-electron chi connectivity index (χ4n) is 4.44. The summed E-state index contributed by atoms with van der Waals surface area (Å²) in [7, 11) is 3.39. The lowest BCUT2D eigenvalue weighted by molar-refractivity contribution is 0.0816. The molecule has 0 aliphatic carbocycles. The lowest BCUT2D eigenvalue weighted by Gasteiger charge is -2.12. The van der Waals surface area contributed by atoms with E-state index in [2.05, 4.69) is 15.3 Å². The zero-order valence-corrected chi connectivity index (χ0v) is 18.7. The minimum absolute atomic E-state index is 0.0449. The molecule has 2 aromatic heterocycles. The highest BCUT2D eigenvalue weighted by Crippen LogP contribution is 2.31. The number of halogens is 1. The van der Waals surface area contributed by atoms with Gasteiger partial charge in [-0.2, -0.15) is 0 Å². The molecule has 2 aromatic carbocycles. The molecular formula is C25H24FN5O2. The Labute approximate surface area is 190 Å². The molecule has 0 unspecified atom stereocenters. The number of hydrogen-bond donors (Lipinski definition) is 1. The molecule has 0 spiro atoms. The number of methoxy groups -OCH3 is 1. The van der Waals surface area contributed by atoms with Crippen LogP contribution in [0.2, 0.25) is 0 Å². The van der Waals surface area contributed by atoms with Gasteiger partial charge in [0.15, 0.2) is 0 Å². The predicted octanol–water partition coefficient (Wildman–Crippen LogP) is 4.25. The molecule has 7 nitrogen and oxygen atoms in total. The number of hydrogen-bond acceptors (Lipinski definition) is 5. The third kappa shape index (κ3) is 3.67. The van der Waals surface area contributed by atoms with E-state index in [1.54, 1.807) is 25.1 Å². The Morgan fingerprint density at radius 1 is 1.15 bits per heavy atom. The number of anilines is 1. The summed E-state index contributed by atoms with van der Waals surface area (Å²) in [6.07, 6.45) is 1.52. The van der Waals surface area contributed by atoms with Crippen LogP contribution in [0.1, 0.15) is 21.6 Å². The molecule has 8 heteroatoms. The molecule has 1 aliphatic heterocycles. The highest BCUT2D eigenvalue weighted by molar-refractivity contribution is 5.98. The van der Waals surface area contributed by atoms with E-state index in [0.717, 1.165) is 33.5 Å². The van der Waals surface area contributed by atoms with E-state index in [-0.39, 0.29) is 11.7 Å². The van der Waals surface area contributed by atoms with E-state index in [1.807, 2.05) is 41.8 Å². The van der Waals surface area contributed by atoms with Crippen LogP contribution in [-0.4, -0.2) is 46.0 Å². The van der Waals surface area contributed by atoms with Crippen molar-refractivity contribution in [1.82, 2.24) is 19.4 Å². The second-order valence-electron chi connectivity index (χ2n) is 8.20. The second kappa shape index (κ2) is 8.20. The smallest absolute Gasteiger partial charge is 0.254 e. The molecule has 0 fully saturated rings. The molecule has 0 bridgehead atoms. The van der Waals surface area contributed by atoms with Crippen molar-refractivity contribution in [3.63, 3.8) is 0 Å². The van der Waals surface area contributed by atoms with Crippen LogP contribution < -0.4 is 10.1 Å². The standard InChI is InChI=1S/C25H24FN5O2/c1-15-10-19-22(33-3)7-6-20(26)24(19)31(15)9-8-27-23-12-21(28-14-29-23)16-4-5-18-17(11-16)13-30(2)25(18)32/h4-7,10-12,14H,8-9,13H2,1-3H3,(H,27,28,29). The Morgan fingerprint density at radius 2 is 2.00 bits per heavy atom. The number of amides is 1. The van der Waals surface area contributed by atoms with Crippen LogP contribution in [0.15, 0.2) is 48.8 Å². The van der Waals surface area contributed by atoms with Crippen LogP contribution >= 0.6 is 0 Å². The van der Waals surface area contributed by atoms with Crippen molar-refractivity contribution in [3.05, 3.63) is 71.4 Å². The summed E-state index contributed by atoms with van der Waals surface area (Å²) in [5, 5.41) is 4.08. The average molecular weight is 445 g/mol. The number of nitrogens with one attached hydrogen (secondary N) is 1. The number of aryl methyl sites for hydroxylation is 1. The first kappa shape index (κ1) is 20.9. The minimum Gasteiger partial charge on any atom is -0.496 e. The molecule has 4 aromatic rings. The number of fused-ring (bicyclic) bond motifs is 2. The van der Waals surface area contributed by atoms with E-state index >= 15 is 0 Å². The van der Waals surface area contributed by atoms with Gasteiger partial charge in [-0.05, 0) is 42.8 Å². The zero-order chi connectivity index (χ0) is 23.1. The predicted molar refractivity (Wildman–Crippen MR) is 125 cm³/mol. The summed E-state index contributed by atoms with van der Waals surface area (Å²) in [6.45, 7) is 3.68. The SMILES string of the molecule is COc1ccc(F)c2c1cc(C)n2CCNc1cc(-c2ccc3c(c2)CN(C)C3=O)ncn1. The second-order valence-corrected chi connectivity index (χ2v) is 8.20. The highest BCUT2D eigenvalue weighted by atomic mass is 19.1. The zero-order valence-electron chi connectivity index (χ0n) is 18.7.